The smallest absolute Gasteiger partial charge is 0.270 e. The van der Waals surface area contributed by atoms with Crippen molar-refractivity contribution in [2.45, 2.75) is 6.54 Å². The largest absolute Gasteiger partial charge is 0.343 e. The number of aromatic nitrogens is 3. The van der Waals surface area contributed by atoms with E-state index in [1.807, 2.05) is 24.3 Å². The lowest BCUT2D eigenvalue weighted by Crippen LogP contribution is -2.24. The van der Waals surface area contributed by atoms with E-state index in [1.165, 1.54) is 0 Å². The first-order chi connectivity index (χ1) is 9.72. The standard InChI is InChI=1S/C14H11BrN4O/c15-9-5-6-12(16-7-9)14(20)17-8-13-18-10-3-1-2-4-11(10)19-13/h1-7H,8H2,(H,17,20)(H,18,19). The lowest BCUT2D eigenvalue weighted by atomic mass is 10.3. The van der Waals surface area contributed by atoms with Gasteiger partial charge in [0.15, 0.2) is 0 Å². The minimum Gasteiger partial charge on any atom is -0.343 e. The van der Waals surface area contributed by atoms with E-state index in [0.717, 1.165) is 21.3 Å². The fourth-order valence-corrected chi connectivity index (χ4v) is 2.09. The maximum atomic E-state index is 11.9. The number of imidazole rings is 1. The average Bonchev–Trinajstić information content (AvgIpc) is 2.88. The number of fused-ring (bicyclic) bond motifs is 1. The van der Waals surface area contributed by atoms with Gasteiger partial charge >= 0.3 is 0 Å². The Morgan fingerprint density at radius 2 is 2.10 bits per heavy atom. The molecule has 0 aliphatic heterocycles. The van der Waals surface area contributed by atoms with Gasteiger partial charge in [0.25, 0.3) is 5.91 Å². The summed E-state index contributed by atoms with van der Waals surface area (Å²) in [5, 5.41) is 2.79. The number of amides is 1. The van der Waals surface area contributed by atoms with Crippen LogP contribution in [0.5, 0.6) is 0 Å². The fraction of sp³-hybridized carbons (Fsp3) is 0.0714. The number of pyridine rings is 1. The Balaban J connectivity index is 1.69. The van der Waals surface area contributed by atoms with Gasteiger partial charge in [-0.25, -0.2) is 9.97 Å². The number of nitrogens with one attached hydrogen (secondary N) is 2. The highest BCUT2D eigenvalue weighted by atomic mass is 79.9. The molecule has 0 fully saturated rings. The SMILES string of the molecule is O=C(NCc1nc2ccccc2[nH]1)c1ccc(Br)cn1. The van der Waals surface area contributed by atoms with Crippen LogP contribution in [0.25, 0.3) is 11.0 Å². The lowest BCUT2D eigenvalue weighted by molar-refractivity contribution is 0.0945. The summed E-state index contributed by atoms with van der Waals surface area (Å²) in [5.74, 6) is 0.495. The molecule has 100 valence electrons. The van der Waals surface area contributed by atoms with Crippen LogP contribution in [-0.2, 0) is 6.54 Å². The maximum absolute atomic E-state index is 11.9. The Hall–Kier alpha value is -2.21. The maximum Gasteiger partial charge on any atom is 0.270 e. The van der Waals surface area contributed by atoms with Crippen molar-refractivity contribution in [1.82, 2.24) is 20.3 Å². The molecule has 1 amide bonds. The van der Waals surface area contributed by atoms with Gasteiger partial charge < -0.3 is 10.3 Å². The molecule has 0 unspecified atom stereocenters. The lowest BCUT2D eigenvalue weighted by Gasteiger charge is -2.02. The van der Waals surface area contributed by atoms with E-state index in [0.29, 0.717) is 12.2 Å². The number of rotatable bonds is 3. The Morgan fingerprint density at radius 3 is 2.85 bits per heavy atom. The van der Waals surface area contributed by atoms with Gasteiger partial charge in [-0.15, -0.1) is 0 Å². The number of hydrogen-bond acceptors (Lipinski definition) is 3. The predicted molar refractivity (Wildman–Crippen MR) is 79.2 cm³/mol. The minimum atomic E-state index is -0.224. The average molecular weight is 331 g/mol. The summed E-state index contributed by atoms with van der Waals surface area (Å²) in [6, 6.07) is 11.2. The first kappa shape index (κ1) is 12.8. The van der Waals surface area contributed by atoms with Crippen LogP contribution >= 0.6 is 15.9 Å². The zero-order valence-corrected chi connectivity index (χ0v) is 12.0. The molecule has 0 spiro atoms. The van der Waals surface area contributed by atoms with Gasteiger partial charge in [-0.3, -0.25) is 4.79 Å². The van der Waals surface area contributed by atoms with E-state index in [-0.39, 0.29) is 5.91 Å². The first-order valence-corrected chi connectivity index (χ1v) is 6.85. The van der Waals surface area contributed by atoms with Crippen molar-refractivity contribution in [2.24, 2.45) is 0 Å². The fourth-order valence-electron chi connectivity index (χ4n) is 1.85. The van der Waals surface area contributed by atoms with Gasteiger partial charge in [-0.05, 0) is 40.2 Å². The van der Waals surface area contributed by atoms with Crippen LogP contribution in [-0.4, -0.2) is 20.9 Å². The molecule has 0 radical (unpaired) electrons. The van der Waals surface area contributed by atoms with Crippen molar-refractivity contribution in [2.75, 3.05) is 0 Å². The van der Waals surface area contributed by atoms with Crippen LogP contribution in [0, 0.1) is 0 Å². The summed E-state index contributed by atoms with van der Waals surface area (Å²) in [7, 11) is 0. The molecule has 2 heterocycles. The number of carbonyl (C=O) groups excluding carboxylic acids is 1. The van der Waals surface area contributed by atoms with E-state index < -0.39 is 0 Å². The highest BCUT2D eigenvalue weighted by Crippen LogP contribution is 2.10. The third-order valence-electron chi connectivity index (χ3n) is 2.81. The summed E-state index contributed by atoms with van der Waals surface area (Å²) in [4.78, 5) is 23.5. The molecule has 3 rings (SSSR count). The number of aromatic amines is 1. The number of hydrogen-bond donors (Lipinski definition) is 2. The molecule has 0 atom stereocenters. The topological polar surface area (TPSA) is 70.7 Å². The van der Waals surface area contributed by atoms with Crippen molar-refractivity contribution >= 4 is 32.9 Å². The van der Waals surface area contributed by atoms with Crippen LogP contribution in [0.2, 0.25) is 0 Å². The van der Waals surface area contributed by atoms with Crippen molar-refractivity contribution in [3.63, 3.8) is 0 Å². The molecule has 0 saturated heterocycles. The van der Waals surface area contributed by atoms with E-state index >= 15 is 0 Å². The Labute approximate surface area is 123 Å². The second-order valence-corrected chi connectivity index (χ2v) is 5.16. The van der Waals surface area contributed by atoms with Crippen molar-refractivity contribution in [1.29, 1.82) is 0 Å². The third kappa shape index (κ3) is 2.70. The molecule has 3 aromatic rings. The predicted octanol–water partition coefficient (Wildman–Crippen LogP) is 2.65. The second-order valence-electron chi connectivity index (χ2n) is 4.24. The molecule has 2 aromatic heterocycles. The second kappa shape index (κ2) is 5.42. The Kier molecular flexibility index (Phi) is 3.47. The summed E-state index contributed by atoms with van der Waals surface area (Å²) < 4.78 is 0.839. The van der Waals surface area contributed by atoms with Crippen molar-refractivity contribution in [3.8, 4) is 0 Å². The van der Waals surface area contributed by atoms with E-state index in [1.54, 1.807) is 18.3 Å². The van der Waals surface area contributed by atoms with Crippen LogP contribution in [0.3, 0.4) is 0 Å². The number of para-hydroxylation sites is 2. The van der Waals surface area contributed by atoms with Gasteiger partial charge in [0.2, 0.25) is 0 Å². The number of nitrogens with zero attached hydrogens (tertiary/aromatic N) is 2. The molecule has 0 aliphatic rings. The van der Waals surface area contributed by atoms with Gasteiger partial charge in [0, 0.05) is 10.7 Å². The van der Waals surface area contributed by atoms with Crippen molar-refractivity contribution in [3.05, 3.63) is 58.6 Å². The molecular weight excluding hydrogens is 320 g/mol. The molecule has 2 N–H and O–H groups in total. The molecule has 0 saturated carbocycles. The zero-order valence-electron chi connectivity index (χ0n) is 10.4. The number of carbonyl (C=O) groups is 1. The molecular formula is C14H11BrN4O. The summed E-state index contributed by atoms with van der Waals surface area (Å²) in [6.07, 6.45) is 1.59. The zero-order chi connectivity index (χ0) is 13.9. The van der Waals surface area contributed by atoms with Gasteiger partial charge in [0.1, 0.15) is 11.5 Å². The Bertz CT molecular complexity index is 718. The normalized spacial score (nSPS) is 10.7. The quantitative estimate of drug-likeness (QED) is 0.775. The van der Waals surface area contributed by atoms with Crippen LogP contribution in [0.15, 0.2) is 47.1 Å². The Morgan fingerprint density at radius 1 is 1.25 bits per heavy atom. The third-order valence-corrected chi connectivity index (χ3v) is 3.28. The van der Waals surface area contributed by atoms with Gasteiger partial charge in [-0.1, -0.05) is 12.1 Å². The van der Waals surface area contributed by atoms with E-state index in [9.17, 15) is 4.79 Å². The highest BCUT2D eigenvalue weighted by Gasteiger charge is 2.08. The van der Waals surface area contributed by atoms with Gasteiger partial charge in [-0.2, -0.15) is 0 Å². The van der Waals surface area contributed by atoms with Gasteiger partial charge in [0.05, 0.1) is 17.6 Å². The monoisotopic (exact) mass is 330 g/mol. The first-order valence-electron chi connectivity index (χ1n) is 6.06. The molecule has 0 bridgehead atoms. The van der Waals surface area contributed by atoms with Crippen LogP contribution < -0.4 is 5.32 Å². The van der Waals surface area contributed by atoms with E-state index in [2.05, 4.69) is 36.2 Å². The number of benzene rings is 1. The molecule has 20 heavy (non-hydrogen) atoms. The summed E-state index contributed by atoms with van der Waals surface area (Å²) in [5.41, 5.74) is 2.22. The molecule has 0 aliphatic carbocycles. The van der Waals surface area contributed by atoms with E-state index in [4.69, 9.17) is 0 Å². The molecule has 1 aromatic carbocycles. The molecule has 6 heteroatoms. The van der Waals surface area contributed by atoms with Crippen LogP contribution in [0.4, 0.5) is 0 Å². The minimum absolute atomic E-state index is 0.224. The number of halogens is 1. The van der Waals surface area contributed by atoms with Crippen molar-refractivity contribution < 1.29 is 4.79 Å². The summed E-state index contributed by atoms with van der Waals surface area (Å²) >= 11 is 3.28. The van der Waals surface area contributed by atoms with Crippen LogP contribution in [0.1, 0.15) is 16.3 Å². The highest BCUT2D eigenvalue weighted by molar-refractivity contribution is 9.10. The number of H-pyrrole nitrogens is 1. The summed E-state index contributed by atoms with van der Waals surface area (Å²) in [6.45, 7) is 0.339. The molecule has 5 nitrogen and oxygen atoms in total.